The minimum Gasteiger partial charge on any atom is -0.367 e. The summed E-state index contributed by atoms with van der Waals surface area (Å²) >= 11 is 0. The van der Waals surface area contributed by atoms with Gasteiger partial charge in [0.25, 0.3) is 0 Å². The second-order valence-electron chi connectivity index (χ2n) is 3.55. The second-order valence-corrected chi connectivity index (χ2v) is 3.55. The van der Waals surface area contributed by atoms with Crippen LogP contribution in [0.4, 0.5) is 11.6 Å². The summed E-state index contributed by atoms with van der Waals surface area (Å²) in [4.78, 5) is 15.5. The first kappa shape index (κ1) is 11.1. The van der Waals surface area contributed by atoms with Crippen molar-refractivity contribution in [3.63, 3.8) is 0 Å². The predicted molar refractivity (Wildman–Crippen MR) is 64.2 cm³/mol. The number of nitrogens with one attached hydrogen (secondary N) is 2. The van der Waals surface area contributed by atoms with Crippen molar-refractivity contribution in [1.29, 1.82) is 0 Å². The van der Waals surface area contributed by atoms with E-state index in [0.717, 1.165) is 5.69 Å². The van der Waals surface area contributed by atoms with Gasteiger partial charge in [-0.1, -0.05) is 18.2 Å². The van der Waals surface area contributed by atoms with Gasteiger partial charge in [0, 0.05) is 18.5 Å². The van der Waals surface area contributed by atoms with E-state index in [1.54, 1.807) is 0 Å². The maximum atomic E-state index is 11.6. The molecule has 0 radical (unpaired) electrons. The third kappa shape index (κ3) is 3.30. The van der Waals surface area contributed by atoms with E-state index in [2.05, 4.69) is 20.5 Å². The van der Waals surface area contributed by atoms with Gasteiger partial charge in [-0.25, -0.2) is 0 Å². The highest BCUT2D eigenvalue weighted by Gasteiger charge is 2.05. The molecule has 0 saturated heterocycles. The highest BCUT2D eigenvalue weighted by molar-refractivity contribution is 5.90. The monoisotopic (exact) mass is 231 g/mol. The topological polar surface area (TPSA) is 96.7 Å². The van der Waals surface area contributed by atoms with Crippen molar-refractivity contribution in [2.75, 3.05) is 11.1 Å². The van der Waals surface area contributed by atoms with Crippen LogP contribution in [0.5, 0.6) is 0 Å². The van der Waals surface area contributed by atoms with Gasteiger partial charge in [-0.2, -0.15) is 4.98 Å². The van der Waals surface area contributed by atoms with Crippen molar-refractivity contribution in [2.45, 2.75) is 12.8 Å². The van der Waals surface area contributed by atoms with Crippen LogP contribution in [0.25, 0.3) is 0 Å². The molecule has 0 fully saturated rings. The molecule has 0 spiro atoms. The standard InChI is InChI=1S/C11H13N5O/c12-11-14-9(15-16-11)6-7-10(17)13-8-4-2-1-3-5-8/h1-5H,6-7H2,(H,13,17)(H3,12,14,15,16). The van der Waals surface area contributed by atoms with Crippen molar-refractivity contribution in [1.82, 2.24) is 15.2 Å². The lowest BCUT2D eigenvalue weighted by molar-refractivity contribution is -0.116. The number of benzene rings is 1. The number of nitrogens with zero attached hydrogens (tertiary/aromatic N) is 2. The van der Waals surface area contributed by atoms with Gasteiger partial charge in [0.15, 0.2) is 0 Å². The lowest BCUT2D eigenvalue weighted by Crippen LogP contribution is -2.12. The fourth-order valence-electron chi connectivity index (χ4n) is 1.40. The smallest absolute Gasteiger partial charge is 0.239 e. The molecule has 4 N–H and O–H groups in total. The van der Waals surface area contributed by atoms with E-state index >= 15 is 0 Å². The number of aromatic amines is 1. The predicted octanol–water partition coefficient (Wildman–Crippen LogP) is 0.958. The van der Waals surface area contributed by atoms with Crippen LogP contribution in [0.1, 0.15) is 12.2 Å². The average Bonchev–Trinajstić information content (AvgIpc) is 2.74. The molecule has 0 saturated carbocycles. The third-order valence-electron chi connectivity index (χ3n) is 2.20. The van der Waals surface area contributed by atoms with E-state index in [1.165, 1.54) is 0 Å². The van der Waals surface area contributed by atoms with Gasteiger partial charge < -0.3 is 11.1 Å². The fraction of sp³-hybridized carbons (Fsp3) is 0.182. The zero-order chi connectivity index (χ0) is 12.1. The maximum absolute atomic E-state index is 11.6. The number of carbonyl (C=O) groups excluding carboxylic acids is 1. The van der Waals surface area contributed by atoms with Gasteiger partial charge in [-0.15, -0.1) is 5.10 Å². The molecule has 1 aromatic carbocycles. The number of anilines is 2. The molecule has 17 heavy (non-hydrogen) atoms. The number of nitrogen functional groups attached to an aromatic ring is 1. The van der Waals surface area contributed by atoms with Crippen molar-refractivity contribution < 1.29 is 4.79 Å². The molecular weight excluding hydrogens is 218 g/mol. The molecule has 0 atom stereocenters. The number of carbonyl (C=O) groups is 1. The molecule has 0 aliphatic carbocycles. The lowest BCUT2D eigenvalue weighted by Gasteiger charge is -2.03. The zero-order valence-corrected chi connectivity index (χ0v) is 9.18. The van der Waals surface area contributed by atoms with E-state index in [4.69, 9.17) is 5.73 Å². The van der Waals surface area contributed by atoms with Gasteiger partial charge in [0.05, 0.1) is 0 Å². The molecule has 6 heteroatoms. The number of aryl methyl sites for hydroxylation is 1. The van der Waals surface area contributed by atoms with Gasteiger partial charge >= 0.3 is 0 Å². The molecule has 0 aliphatic rings. The molecule has 1 amide bonds. The van der Waals surface area contributed by atoms with E-state index in [1.807, 2.05) is 30.3 Å². The van der Waals surface area contributed by atoms with E-state index in [9.17, 15) is 4.79 Å². The summed E-state index contributed by atoms with van der Waals surface area (Å²) in [6.45, 7) is 0. The summed E-state index contributed by atoms with van der Waals surface area (Å²) in [5, 5.41) is 9.13. The van der Waals surface area contributed by atoms with Crippen LogP contribution < -0.4 is 11.1 Å². The summed E-state index contributed by atoms with van der Waals surface area (Å²) < 4.78 is 0. The number of H-pyrrole nitrogens is 1. The Bertz CT molecular complexity index is 494. The first-order valence-corrected chi connectivity index (χ1v) is 5.26. The Balaban J connectivity index is 1.82. The Labute approximate surface area is 98.3 Å². The summed E-state index contributed by atoms with van der Waals surface area (Å²) in [5.41, 5.74) is 6.14. The number of amides is 1. The number of para-hydroxylation sites is 1. The molecule has 6 nitrogen and oxygen atoms in total. The Morgan fingerprint density at radius 1 is 1.35 bits per heavy atom. The zero-order valence-electron chi connectivity index (χ0n) is 9.18. The molecule has 0 unspecified atom stereocenters. The van der Waals surface area contributed by atoms with Gasteiger partial charge in [-0.05, 0) is 12.1 Å². The van der Waals surface area contributed by atoms with Crippen LogP contribution in [-0.4, -0.2) is 21.1 Å². The Morgan fingerprint density at radius 2 is 2.12 bits per heavy atom. The van der Waals surface area contributed by atoms with Gasteiger partial charge in [-0.3, -0.25) is 9.89 Å². The highest BCUT2D eigenvalue weighted by atomic mass is 16.1. The summed E-state index contributed by atoms with van der Waals surface area (Å²) in [6, 6.07) is 9.31. The minimum atomic E-state index is -0.0637. The minimum absolute atomic E-state index is 0.0637. The fourth-order valence-corrected chi connectivity index (χ4v) is 1.40. The van der Waals surface area contributed by atoms with Gasteiger partial charge in [0.1, 0.15) is 5.82 Å². The molecule has 1 heterocycles. The van der Waals surface area contributed by atoms with Crippen LogP contribution in [0.15, 0.2) is 30.3 Å². The Kier molecular flexibility index (Phi) is 3.34. The second kappa shape index (κ2) is 5.11. The number of hydrogen-bond acceptors (Lipinski definition) is 4. The van der Waals surface area contributed by atoms with Crippen LogP contribution in [0.3, 0.4) is 0 Å². The average molecular weight is 231 g/mol. The van der Waals surface area contributed by atoms with Crippen LogP contribution in [-0.2, 0) is 11.2 Å². The Hall–Kier alpha value is -2.37. The normalized spacial score (nSPS) is 10.1. The van der Waals surface area contributed by atoms with E-state index < -0.39 is 0 Å². The first-order chi connectivity index (χ1) is 8.24. The molecule has 2 rings (SSSR count). The summed E-state index contributed by atoms with van der Waals surface area (Å²) in [7, 11) is 0. The molecule has 1 aromatic heterocycles. The van der Waals surface area contributed by atoms with Crippen molar-refractivity contribution in [3.8, 4) is 0 Å². The molecule has 88 valence electrons. The van der Waals surface area contributed by atoms with Gasteiger partial charge in [0.2, 0.25) is 11.9 Å². The number of aromatic nitrogens is 3. The highest BCUT2D eigenvalue weighted by Crippen LogP contribution is 2.06. The molecule has 2 aromatic rings. The Morgan fingerprint density at radius 3 is 2.76 bits per heavy atom. The maximum Gasteiger partial charge on any atom is 0.239 e. The number of nitrogens with two attached hydrogens (primary N) is 1. The largest absolute Gasteiger partial charge is 0.367 e. The van der Waals surface area contributed by atoms with Crippen molar-refractivity contribution in [2.24, 2.45) is 0 Å². The van der Waals surface area contributed by atoms with Crippen LogP contribution in [0.2, 0.25) is 0 Å². The summed E-state index contributed by atoms with van der Waals surface area (Å²) in [6.07, 6.45) is 0.826. The molecule has 0 bridgehead atoms. The molecule has 0 aliphatic heterocycles. The molecular formula is C11H13N5O. The summed E-state index contributed by atoms with van der Waals surface area (Å²) in [5.74, 6) is 0.750. The first-order valence-electron chi connectivity index (χ1n) is 5.26. The quantitative estimate of drug-likeness (QED) is 0.730. The van der Waals surface area contributed by atoms with E-state index in [0.29, 0.717) is 18.7 Å². The lowest BCUT2D eigenvalue weighted by atomic mass is 10.2. The van der Waals surface area contributed by atoms with Crippen LogP contribution >= 0.6 is 0 Å². The van der Waals surface area contributed by atoms with E-state index in [-0.39, 0.29) is 11.9 Å². The number of hydrogen-bond donors (Lipinski definition) is 3. The number of rotatable bonds is 4. The SMILES string of the molecule is Nc1n[nH]c(CCC(=O)Nc2ccccc2)n1. The van der Waals surface area contributed by atoms with Crippen molar-refractivity contribution >= 4 is 17.5 Å². The third-order valence-corrected chi connectivity index (χ3v) is 2.20. The van der Waals surface area contributed by atoms with Crippen LogP contribution in [0, 0.1) is 0 Å². The van der Waals surface area contributed by atoms with Crippen molar-refractivity contribution in [3.05, 3.63) is 36.2 Å².